The molecule has 1 amide bonds. The minimum absolute atomic E-state index is 0.0443. The molecule has 4 rings (SSSR count). The highest BCUT2D eigenvalue weighted by molar-refractivity contribution is 5.89. The smallest absolute Gasteiger partial charge is 0.335 e. The van der Waals surface area contributed by atoms with E-state index in [1.165, 1.54) is 5.56 Å². The van der Waals surface area contributed by atoms with Gasteiger partial charge >= 0.3 is 5.97 Å². The number of carboxylic acid groups (broad SMARTS) is 1. The summed E-state index contributed by atoms with van der Waals surface area (Å²) in [5.74, 6) is -0.221. The SMILES string of the molecule is CC(NC(=O)C1(c2ccc(OCCCc3ccccc3)cc2)CCOCC1)c1ccc(C(=O)O)cc1. The van der Waals surface area contributed by atoms with Crippen LogP contribution in [0.1, 0.15) is 59.3 Å². The zero-order valence-electron chi connectivity index (χ0n) is 20.6. The van der Waals surface area contributed by atoms with Gasteiger partial charge in [-0.25, -0.2) is 4.79 Å². The molecule has 2 N–H and O–H groups in total. The zero-order valence-corrected chi connectivity index (χ0v) is 20.6. The van der Waals surface area contributed by atoms with Crippen molar-refractivity contribution in [3.05, 3.63) is 101 Å². The van der Waals surface area contributed by atoms with Gasteiger partial charge in [0.25, 0.3) is 0 Å². The van der Waals surface area contributed by atoms with Crippen LogP contribution in [0.4, 0.5) is 0 Å². The molecule has 3 aromatic rings. The minimum Gasteiger partial charge on any atom is -0.494 e. The van der Waals surface area contributed by atoms with E-state index in [0.717, 1.165) is 29.7 Å². The fourth-order valence-corrected chi connectivity index (χ4v) is 4.68. The van der Waals surface area contributed by atoms with Gasteiger partial charge in [-0.3, -0.25) is 4.79 Å². The fraction of sp³-hybridized carbons (Fsp3) is 0.333. The van der Waals surface area contributed by atoms with Crippen LogP contribution in [0.2, 0.25) is 0 Å². The first-order valence-corrected chi connectivity index (χ1v) is 12.5. The lowest BCUT2D eigenvalue weighted by Crippen LogP contribution is -2.48. The minimum atomic E-state index is -0.969. The number of nitrogens with one attached hydrogen (secondary N) is 1. The van der Waals surface area contributed by atoms with E-state index in [4.69, 9.17) is 14.6 Å². The number of carbonyl (C=O) groups is 2. The summed E-state index contributed by atoms with van der Waals surface area (Å²) in [6.07, 6.45) is 3.10. The maximum absolute atomic E-state index is 13.6. The van der Waals surface area contributed by atoms with Gasteiger partial charge in [0.15, 0.2) is 0 Å². The Kier molecular flexibility index (Phi) is 8.39. The standard InChI is InChI=1S/C30H33NO5/c1-22(24-9-11-25(12-10-24)28(32)33)31-29(34)30(17-20-35-21-18-30)26-13-15-27(16-14-26)36-19-5-8-23-6-3-2-4-7-23/h2-4,6-7,9-16,22H,5,8,17-21H2,1H3,(H,31,34)(H,32,33). The second-order valence-electron chi connectivity index (χ2n) is 9.28. The summed E-state index contributed by atoms with van der Waals surface area (Å²) in [6.45, 7) is 3.58. The predicted octanol–water partition coefficient (Wildman–Crippen LogP) is 5.32. The van der Waals surface area contributed by atoms with Crippen molar-refractivity contribution in [1.82, 2.24) is 5.32 Å². The number of amides is 1. The molecule has 0 bridgehead atoms. The van der Waals surface area contributed by atoms with E-state index in [0.29, 0.717) is 32.7 Å². The van der Waals surface area contributed by atoms with Crippen LogP contribution in [0.3, 0.4) is 0 Å². The number of hydrogen-bond acceptors (Lipinski definition) is 4. The van der Waals surface area contributed by atoms with Crippen LogP contribution in [-0.4, -0.2) is 36.8 Å². The number of benzene rings is 3. The van der Waals surface area contributed by atoms with E-state index in [2.05, 4.69) is 17.4 Å². The third-order valence-electron chi connectivity index (χ3n) is 6.91. The van der Waals surface area contributed by atoms with Crippen molar-refractivity contribution in [1.29, 1.82) is 0 Å². The summed E-state index contributed by atoms with van der Waals surface area (Å²) >= 11 is 0. The molecular weight excluding hydrogens is 454 g/mol. The van der Waals surface area contributed by atoms with Crippen LogP contribution >= 0.6 is 0 Å². The van der Waals surface area contributed by atoms with Gasteiger partial charge in [0.2, 0.25) is 5.91 Å². The van der Waals surface area contributed by atoms with Gasteiger partial charge in [-0.2, -0.15) is 0 Å². The zero-order chi connectivity index (χ0) is 25.4. The van der Waals surface area contributed by atoms with E-state index in [1.54, 1.807) is 24.3 Å². The van der Waals surface area contributed by atoms with Crippen molar-refractivity contribution < 1.29 is 24.2 Å². The van der Waals surface area contributed by atoms with Crippen molar-refractivity contribution in [2.24, 2.45) is 0 Å². The Balaban J connectivity index is 1.40. The molecule has 1 aliphatic rings. The first kappa shape index (κ1) is 25.5. The number of carbonyl (C=O) groups excluding carboxylic acids is 1. The third-order valence-corrected chi connectivity index (χ3v) is 6.91. The lowest BCUT2D eigenvalue weighted by molar-refractivity contribution is -0.131. The second-order valence-corrected chi connectivity index (χ2v) is 9.28. The van der Waals surface area contributed by atoms with E-state index < -0.39 is 11.4 Å². The van der Waals surface area contributed by atoms with Crippen LogP contribution in [0.25, 0.3) is 0 Å². The normalized spacial score (nSPS) is 15.6. The van der Waals surface area contributed by atoms with Gasteiger partial charge < -0.3 is 19.9 Å². The number of aryl methyl sites for hydroxylation is 1. The second kappa shape index (κ2) is 11.9. The molecule has 0 aliphatic carbocycles. The van der Waals surface area contributed by atoms with Crippen LogP contribution in [-0.2, 0) is 21.4 Å². The molecule has 188 valence electrons. The van der Waals surface area contributed by atoms with Crippen molar-refractivity contribution in [3.63, 3.8) is 0 Å². The average Bonchev–Trinajstić information content (AvgIpc) is 2.92. The molecular formula is C30H33NO5. The van der Waals surface area contributed by atoms with Gasteiger partial charge in [-0.05, 0) is 73.6 Å². The molecule has 1 atom stereocenters. The summed E-state index contributed by atoms with van der Waals surface area (Å²) in [6, 6.07) is 24.6. The Labute approximate surface area is 212 Å². The Hall–Kier alpha value is -3.64. The number of rotatable bonds is 10. The molecule has 6 nitrogen and oxygen atoms in total. The van der Waals surface area contributed by atoms with Crippen LogP contribution < -0.4 is 10.1 Å². The first-order valence-electron chi connectivity index (χ1n) is 12.5. The lowest BCUT2D eigenvalue weighted by Gasteiger charge is -2.37. The summed E-state index contributed by atoms with van der Waals surface area (Å²) in [5, 5.41) is 12.3. The van der Waals surface area contributed by atoms with Gasteiger partial charge in [0.05, 0.1) is 23.6 Å². The predicted molar refractivity (Wildman–Crippen MR) is 138 cm³/mol. The summed E-state index contributed by atoms with van der Waals surface area (Å²) in [7, 11) is 0. The van der Waals surface area contributed by atoms with E-state index in [1.807, 2.05) is 49.4 Å². The third kappa shape index (κ3) is 6.13. The van der Waals surface area contributed by atoms with E-state index >= 15 is 0 Å². The number of hydrogen-bond donors (Lipinski definition) is 2. The summed E-state index contributed by atoms with van der Waals surface area (Å²) in [5.41, 5.74) is 2.65. The quantitative estimate of drug-likeness (QED) is 0.378. The number of carboxylic acids is 1. The monoisotopic (exact) mass is 487 g/mol. The molecule has 36 heavy (non-hydrogen) atoms. The fourth-order valence-electron chi connectivity index (χ4n) is 4.68. The van der Waals surface area contributed by atoms with Crippen molar-refractivity contribution in [2.45, 2.75) is 44.1 Å². The Bertz CT molecular complexity index is 1140. The Morgan fingerprint density at radius 2 is 1.64 bits per heavy atom. The maximum Gasteiger partial charge on any atom is 0.335 e. The molecule has 6 heteroatoms. The van der Waals surface area contributed by atoms with Gasteiger partial charge in [-0.1, -0.05) is 54.6 Å². The molecule has 0 saturated carbocycles. The average molecular weight is 488 g/mol. The summed E-state index contributed by atoms with van der Waals surface area (Å²) < 4.78 is 11.5. The van der Waals surface area contributed by atoms with Crippen molar-refractivity contribution in [2.75, 3.05) is 19.8 Å². The molecule has 1 fully saturated rings. The molecule has 1 heterocycles. The highest BCUT2D eigenvalue weighted by Crippen LogP contribution is 2.36. The largest absolute Gasteiger partial charge is 0.494 e. The van der Waals surface area contributed by atoms with Gasteiger partial charge in [0, 0.05) is 13.2 Å². The van der Waals surface area contributed by atoms with E-state index in [9.17, 15) is 9.59 Å². The van der Waals surface area contributed by atoms with Crippen molar-refractivity contribution >= 4 is 11.9 Å². The topological polar surface area (TPSA) is 84.9 Å². The molecule has 0 spiro atoms. The summed E-state index contributed by atoms with van der Waals surface area (Å²) in [4.78, 5) is 24.7. The van der Waals surface area contributed by atoms with Crippen LogP contribution in [0.15, 0.2) is 78.9 Å². The van der Waals surface area contributed by atoms with Crippen LogP contribution in [0, 0.1) is 0 Å². The highest BCUT2D eigenvalue weighted by Gasteiger charge is 2.42. The Morgan fingerprint density at radius 3 is 2.28 bits per heavy atom. The molecule has 1 unspecified atom stereocenters. The van der Waals surface area contributed by atoms with Crippen LogP contribution in [0.5, 0.6) is 5.75 Å². The Morgan fingerprint density at radius 1 is 0.972 bits per heavy atom. The molecule has 3 aromatic carbocycles. The van der Waals surface area contributed by atoms with Gasteiger partial charge in [-0.15, -0.1) is 0 Å². The lowest BCUT2D eigenvalue weighted by atomic mass is 9.73. The molecule has 0 aromatic heterocycles. The molecule has 0 radical (unpaired) electrons. The van der Waals surface area contributed by atoms with Crippen molar-refractivity contribution in [3.8, 4) is 5.75 Å². The van der Waals surface area contributed by atoms with E-state index in [-0.39, 0.29) is 17.5 Å². The first-order chi connectivity index (χ1) is 17.5. The maximum atomic E-state index is 13.6. The number of ether oxygens (including phenoxy) is 2. The number of aromatic carboxylic acids is 1. The molecule has 1 saturated heterocycles. The highest BCUT2D eigenvalue weighted by atomic mass is 16.5. The van der Waals surface area contributed by atoms with Gasteiger partial charge in [0.1, 0.15) is 5.75 Å². The molecule has 1 aliphatic heterocycles.